The molecule has 0 spiro atoms. The largest absolute Gasteiger partial charge is 0.496 e. The average molecular weight is 372 g/mol. The van der Waals surface area contributed by atoms with Gasteiger partial charge in [-0.05, 0) is 24.5 Å². The Balaban J connectivity index is 1.66. The molecule has 0 radical (unpaired) electrons. The number of nitrogens with zero attached hydrogens (tertiary/aromatic N) is 3. The Labute approximate surface area is 160 Å². The van der Waals surface area contributed by atoms with Crippen LogP contribution in [0.4, 0.5) is 0 Å². The number of rotatable bonds is 8. The highest BCUT2D eigenvalue weighted by Gasteiger charge is 2.23. The predicted octanol–water partition coefficient (Wildman–Crippen LogP) is 1.68. The minimum absolute atomic E-state index is 0.0724. The van der Waals surface area contributed by atoms with Gasteiger partial charge in [-0.25, -0.2) is 0 Å². The molecule has 0 saturated carbocycles. The Hall–Kier alpha value is -2.38. The first-order chi connectivity index (χ1) is 13.2. The van der Waals surface area contributed by atoms with Gasteiger partial charge in [0.25, 0.3) is 0 Å². The third kappa shape index (κ3) is 5.30. The molecule has 1 atom stereocenters. The first kappa shape index (κ1) is 19.4. The lowest BCUT2D eigenvalue weighted by Crippen LogP contribution is -2.32. The van der Waals surface area contributed by atoms with Crippen molar-refractivity contribution in [3.8, 4) is 5.75 Å². The average Bonchev–Trinajstić information content (AvgIpc) is 3.02. The van der Waals surface area contributed by atoms with Gasteiger partial charge in [0, 0.05) is 51.6 Å². The van der Waals surface area contributed by atoms with Gasteiger partial charge in [0.15, 0.2) is 0 Å². The number of amides is 1. The third-order valence-corrected chi connectivity index (χ3v) is 4.87. The standard InChI is InChI=1S/C20H28N4O3/c1-26-15-20(25)21-9-7-16-11-23(14-18-8-10-22-24(18)12-16)13-17-5-3-4-6-19(17)27-2/h3-6,8,10,16H,7,9,11-15H2,1-2H3,(H,21,25)/t16-/m1/s1. The van der Waals surface area contributed by atoms with Crippen LogP contribution in [0.5, 0.6) is 5.75 Å². The number of nitrogens with one attached hydrogen (secondary N) is 1. The summed E-state index contributed by atoms with van der Waals surface area (Å²) in [5.41, 5.74) is 2.40. The van der Waals surface area contributed by atoms with Gasteiger partial charge in [-0.3, -0.25) is 14.4 Å². The highest BCUT2D eigenvalue weighted by molar-refractivity contribution is 5.77. The Morgan fingerprint density at radius 2 is 2.11 bits per heavy atom. The maximum atomic E-state index is 11.6. The molecule has 7 heteroatoms. The fourth-order valence-corrected chi connectivity index (χ4v) is 3.60. The summed E-state index contributed by atoms with van der Waals surface area (Å²) >= 11 is 0. The van der Waals surface area contributed by atoms with Crippen molar-refractivity contribution in [2.45, 2.75) is 26.1 Å². The fraction of sp³-hybridized carbons (Fsp3) is 0.500. The van der Waals surface area contributed by atoms with Crippen LogP contribution in [0.3, 0.4) is 0 Å². The van der Waals surface area contributed by atoms with E-state index in [1.807, 2.05) is 24.4 Å². The van der Waals surface area contributed by atoms with Crippen molar-refractivity contribution < 1.29 is 14.3 Å². The van der Waals surface area contributed by atoms with Crippen LogP contribution >= 0.6 is 0 Å². The van der Waals surface area contributed by atoms with Crippen LogP contribution in [0, 0.1) is 5.92 Å². The maximum Gasteiger partial charge on any atom is 0.245 e. The number of benzene rings is 1. The molecule has 1 N–H and O–H groups in total. The summed E-state index contributed by atoms with van der Waals surface area (Å²) in [4.78, 5) is 14.0. The van der Waals surface area contributed by atoms with E-state index in [4.69, 9.17) is 9.47 Å². The zero-order valence-corrected chi connectivity index (χ0v) is 16.1. The summed E-state index contributed by atoms with van der Waals surface area (Å²) in [6.45, 7) is 4.23. The van der Waals surface area contributed by atoms with Gasteiger partial charge in [0.05, 0.1) is 12.8 Å². The number of hydrogen-bond donors (Lipinski definition) is 1. The lowest BCUT2D eigenvalue weighted by Gasteiger charge is -2.24. The van der Waals surface area contributed by atoms with E-state index in [0.29, 0.717) is 12.5 Å². The molecule has 7 nitrogen and oxygen atoms in total. The van der Waals surface area contributed by atoms with Gasteiger partial charge in [0.2, 0.25) is 5.91 Å². The minimum Gasteiger partial charge on any atom is -0.496 e. The highest BCUT2D eigenvalue weighted by atomic mass is 16.5. The summed E-state index contributed by atoms with van der Waals surface area (Å²) in [5, 5.41) is 7.39. The van der Waals surface area contributed by atoms with E-state index < -0.39 is 0 Å². The van der Waals surface area contributed by atoms with Crippen molar-refractivity contribution in [3.05, 3.63) is 47.8 Å². The molecule has 0 aliphatic carbocycles. The summed E-state index contributed by atoms with van der Waals surface area (Å²) in [5.74, 6) is 1.25. The van der Waals surface area contributed by atoms with Crippen LogP contribution < -0.4 is 10.1 Å². The second kappa shape index (κ2) is 9.53. The number of hydrogen-bond acceptors (Lipinski definition) is 5. The molecule has 0 saturated heterocycles. The van der Waals surface area contributed by atoms with Crippen LogP contribution in [0.15, 0.2) is 36.5 Å². The predicted molar refractivity (Wildman–Crippen MR) is 102 cm³/mol. The molecule has 3 rings (SSSR count). The maximum absolute atomic E-state index is 11.6. The van der Waals surface area contributed by atoms with Crippen molar-refractivity contribution in [1.29, 1.82) is 0 Å². The minimum atomic E-state index is -0.0724. The van der Waals surface area contributed by atoms with Gasteiger partial charge in [-0.2, -0.15) is 5.10 Å². The van der Waals surface area contributed by atoms with Gasteiger partial charge in [-0.15, -0.1) is 0 Å². The van der Waals surface area contributed by atoms with E-state index in [2.05, 4.69) is 32.1 Å². The molecular weight excluding hydrogens is 344 g/mol. The molecule has 2 aromatic rings. The number of carbonyl (C=O) groups is 1. The molecule has 1 aliphatic heterocycles. The molecule has 0 fully saturated rings. The van der Waals surface area contributed by atoms with Crippen molar-refractivity contribution in [1.82, 2.24) is 20.0 Å². The number of aromatic nitrogens is 2. The van der Waals surface area contributed by atoms with E-state index in [9.17, 15) is 4.79 Å². The van der Waals surface area contributed by atoms with E-state index in [-0.39, 0.29) is 12.5 Å². The number of fused-ring (bicyclic) bond motifs is 1. The molecule has 27 heavy (non-hydrogen) atoms. The Kier molecular flexibility index (Phi) is 6.84. The molecule has 1 aliphatic rings. The second-order valence-corrected chi connectivity index (χ2v) is 6.92. The topological polar surface area (TPSA) is 68.6 Å². The molecule has 1 aromatic carbocycles. The Morgan fingerprint density at radius 1 is 1.26 bits per heavy atom. The van der Waals surface area contributed by atoms with Crippen molar-refractivity contribution >= 4 is 5.91 Å². The van der Waals surface area contributed by atoms with Crippen LogP contribution in [-0.4, -0.2) is 54.5 Å². The lowest BCUT2D eigenvalue weighted by molar-refractivity contribution is -0.124. The molecule has 0 unspecified atom stereocenters. The van der Waals surface area contributed by atoms with Crippen molar-refractivity contribution in [2.75, 3.05) is 33.9 Å². The normalized spacial score (nSPS) is 17.2. The summed E-state index contributed by atoms with van der Waals surface area (Å²) in [6, 6.07) is 10.2. The Bertz CT molecular complexity index is 746. The van der Waals surface area contributed by atoms with Crippen LogP contribution in [0.1, 0.15) is 17.7 Å². The van der Waals surface area contributed by atoms with E-state index >= 15 is 0 Å². The summed E-state index contributed by atoms with van der Waals surface area (Å²) < 4.78 is 12.5. The van der Waals surface area contributed by atoms with Crippen molar-refractivity contribution in [2.24, 2.45) is 5.92 Å². The molecule has 2 heterocycles. The second-order valence-electron chi connectivity index (χ2n) is 6.92. The number of ether oxygens (including phenoxy) is 2. The quantitative estimate of drug-likeness (QED) is 0.764. The first-order valence-corrected chi connectivity index (χ1v) is 9.30. The SMILES string of the molecule is COCC(=O)NCC[C@@H]1CN(Cc2ccccc2OC)Cc2ccnn2C1. The molecule has 146 valence electrons. The van der Waals surface area contributed by atoms with Gasteiger partial charge in [-0.1, -0.05) is 18.2 Å². The number of para-hydroxylation sites is 1. The monoisotopic (exact) mass is 372 g/mol. The lowest BCUT2D eigenvalue weighted by atomic mass is 10.0. The van der Waals surface area contributed by atoms with Crippen LogP contribution in [0.25, 0.3) is 0 Å². The van der Waals surface area contributed by atoms with Gasteiger partial charge < -0.3 is 14.8 Å². The summed E-state index contributed by atoms with van der Waals surface area (Å²) in [6.07, 6.45) is 2.76. The third-order valence-electron chi connectivity index (χ3n) is 4.87. The van der Waals surface area contributed by atoms with Crippen molar-refractivity contribution in [3.63, 3.8) is 0 Å². The van der Waals surface area contributed by atoms with Gasteiger partial charge in [0.1, 0.15) is 12.4 Å². The van der Waals surface area contributed by atoms with Crippen LogP contribution in [0.2, 0.25) is 0 Å². The fourth-order valence-electron chi connectivity index (χ4n) is 3.60. The van der Waals surface area contributed by atoms with E-state index in [1.165, 1.54) is 18.4 Å². The van der Waals surface area contributed by atoms with Gasteiger partial charge >= 0.3 is 0 Å². The van der Waals surface area contributed by atoms with Crippen LogP contribution in [-0.2, 0) is 29.2 Å². The zero-order valence-electron chi connectivity index (χ0n) is 16.1. The van der Waals surface area contributed by atoms with E-state index in [0.717, 1.165) is 38.3 Å². The Morgan fingerprint density at radius 3 is 2.93 bits per heavy atom. The number of carbonyl (C=O) groups excluding carboxylic acids is 1. The highest BCUT2D eigenvalue weighted by Crippen LogP contribution is 2.24. The molecule has 0 bridgehead atoms. The first-order valence-electron chi connectivity index (χ1n) is 9.30. The smallest absolute Gasteiger partial charge is 0.245 e. The molecule has 1 aromatic heterocycles. The molecular formula is C20H28N4O3. The zero-order chi connectivity index (χ0) is 19.1. The molecule has 1 amide bonds. The van der Waals surface area contributed by atoms with E-state index in [1.54, 1.807) is 7.11 Å². The summed E-state index contributed by atoms with van der Waals surface area (Å²) in [7, 11) is 3.24. The number of methoxy groups -OCH3 is 2.